The summed E-state index contributed by atoms with van der Waals surface area (Å²) in [6, 6.07) is 10.2. The molecule has 0 saturated carbocycles. The first-order valence-corrected chi connectivity index (χ1v) is 13.1. The van der Waals surface area contributed by atoms with Crippen LogP contribution in [-0.4, -0.2) is 21.6 Å². The highest BCUT2D eigenvalue weighted by molar-refractivity contribution is 7.98. The molecule has 0 radical (unpaired) electrons. The number of carbonyl (C=O) groups excluding carboxylic acids is 1. The molecule has 0 spiro atoms. The SMILES string of the molecule is CCCC(NC(=O)CCSCc1nc2sc3c(c2c(=O)[nH]1)CCCC3)c1ccccc1. The number of thiophene rings is 1. The first-order chi connectivity index (χ1) is 15.2. The summed E-state index contributed by atoms with van der Waals surface area (Å²) >= 11 is 3.31. The molecule has 1 atom stereocenters. The van der Waals surface area contributed by atoms with Gasteiger partial charge in [-0.25, -0.2) is 4.98 Å². The van der Waals surface area contributed by atoms with Gasteiger partial charge >= 0.3 is 0 Å². The number of fused-ring (bicyclic) bond motifs is 3. The van der Waals surface area contributed by atoms with Gasteiger partial charge in [0.05, 0.1) is 17.2 Å². The third-order valence-electron chi connectivity index (χ3n) is 5.70. The van der Waals surface area contributed by atoms with Gasteiger partial charge in [-0.05, 0) is 43.2 Å². The molecule has 1 unspecified atom stereocenters. The maximum atomic E-state index is 12.6. The standard InChI is InChI=1S/C24H29N3O2S2/c1-2-8-18(16-9-4-3-5-10-16)25-21(28)13-14-30-15-20-26-23(29)22-17-11-6-7-12-19(17)31-24(22)27-20/h3-5,9-10,18H,2,6-8,11-15H2,1H3,(H,25,28)(H,26,27,29). The number of H-pyrrole nitrogens is 1. The van der Waals surface area contributed by atoms with Crippen LogP contribution < -0.4 is 10.9 Å². The van der Waals surface area contributed by atoms with E-state index in [0.29, 0.717) is 23.8 Å². The summed E-state index contributed by atoms with van der Waals surface area (Å²) in [4.78, 5) is 35.0. The van der Waals surface area contributed by atoms with Crippen molar-refractivity contribution in [2.45, 2.75) is 63.7 Å². The van der Waals surface area contributed by atoms with Crippen LogP contribution in [0.4, 0.5) is 0 Å². The number of aromatic amines is 1. The molecule has 1 aromatic carbocycles. The Balaban J connectivity index is 1.30. The number of nitrogens with zero attached hydrogens (tertiary/aromatic N) is 1. The average Bonchev–Trinajstić information content (AvgIpc) is 3.16. The fraction of sp³-hybridized carbons (Fsp3) is 0.458. The van der Waals surface area contributed by atoms with Crippen LogP contribution in [0.15, 0.2) is 35.1 Å². The highest BCUT2D eigenvalue weighted by atomic mass is 32.2. The van der Waals surface area contributed by atoms with Crippen molar-refractivity contribution in [1.29, 1.82) is 0 Å². The normalized spacial score (nSPS) is 14.4. The number of carbonyl (C=O) groups is 1. The van der Waals surface area contributed by atoms with E-state index < -0.39 is 0 Å². The molecule has 5 nitrogen and oxygen atoms in total. The van der Waals surface area contributed by atoms with Gasteiger partial charge < -0.3 is 10.3 Å². The van der Waals surface area contributed by atoms with Crippen LogP contribution in [0, 0.1) is 0 Å². The predicted octanol–water partition coefficient (Wildman–Crippen LogP) is 5.14. The van der Waals surface area contributed by atoms with E-state index in [1.54, 1.807) is 23.1 Å². The van der Waals surface area contributed by atoms with E-state index in [-0.39, 0.29) is 17.5 Å². The van der Waals surface area contributed by atoms with Crippen LogP contribution in [0.5, 0.6) is 0 Å². The minimum atomic E-state index is -0.0111. The van der Waals surface area contributed by atoms with Gasteiger partial charge in [0.1, 0.15) is 10.7 Å². The Hall–Kier alpha value is -2.12. The highest BCUT2D eigenvalue weighted by Gasteiger charge is 2.20. The number of aromatic nitrogens is 2. The van der Waals surface area contributed by atoms with Gasteiger partial charge in [0.25, 0.3) is 5.56 Å². The van der Waals surface area contributed by atoms with Gasteiger partial charge in [-0.15, -0.1) is 11.3 Å². The first-order valence-electron chi connectivity index (χ1n) is 11.1. The van der Waals surface area contributed by atoms with Gasteiger partial charge in [-0.3, -0.25) is 9.59 Å². The minimum absolute atomic E-state index is 0.0111. The molecule has 2 aromatic heterocycles. The molecule has 3 aromatic rings. The number of hydrogen-bond donors (Lipinski definition) is 2. The Kier molecular flexibility index (Phi) is 7.45. The summed E-state index contributed by atoms with van der Waals surface area (Å²) in [5.74, 6) is 2.08. The van der Waals surface area contributed by atoms with Crippen molar-refractivity contribution >= 4 is 39.2 Å². The smallest absolute Gasteiger partial charge is 0.259 e. The highest BCUT2D eigenvalue weighted by Crippen LogP contribution is 2.33. The third kappa shape index (κ3) is 5.39. The van der Waals surface area contributed by atoms with Crippen LogP contribution in [0.3, 0.4) is 0 Å². The molecule has 4 rings (SSSR count). The molecule has 1 aliphatic rings. The molecule has 0 aliphatic heterocycles. The van der Waals surface area contributed by atoms with E-state index >= 15 is 0 Å². The number of hydrogen-bond acceptors (Lipinski definition) is 5. The quantitative estimate of drug-likeness (QED) is 0.438. The zero-order valence-electron chi connectivity index (χ0n) is 17.9. The van der Waals surface area contributed by atoms with Crippen molar-refractivity contribution in [2.24, 2.45) is 0 Å². The Morgan fingerprint density at radius 3 is 2.87 bits per heavy atom. The second-order valence-corrected chi connectivity index (χ2v) is 10.2. The molecule has 31 heavy (non-hydrogen) atoms. The van der Waals surface area contributed by atoms with Crippen molar-refractivity contribution in [2.75, 3.05) is 5.75 Å². The lowest BCUT2D eigenvalue weighted by Gasteiger charge is -2.18. The predicted molar refractivity (Wildman–Crippen MR) is 130 cm³/mol. The van der Waals surface area contributed by atoms with Gasteiger partial charge in [0, 0.05) is 17.1 Å². The number of aryl methyl sites for hydroxylation is 2. The van der Waals surface area contributed by atoms with Crippen molar-refractivity contribution in [3.05, 3.63) is 62.5 Å². The maximum Gasteiger partial charge on any atom is 0.259 e. The first kappa shape index (κ1) is 22.1. The summed E-state index contributed by atoms with van der Waals surface area (Å²) in [5.41, 5.74) is 2.36. The Bertz CT molecular complexity index is 1090. The van der Waals surface area contributed by atoms with E-state index in [2.05, 4.69) is 29.4 Å². The summed E-state index contributed by atoms with van der Waals surface area (Å²) in [6.07, 6.45) is 6.81. The van der Waals surface area contributed by atoms with E-state index in [9.17, 15) is 9.59 Å². The monoisotopic (exact) mass is 455 g/mol. The number of rotatable bonds is 9. The van der Waals surface area contributed by atoms with Crippen molar-refractivity contribution < 1.29 is 4.79 Å². The third-order valence-corrected chi connectivity index (χ3v) is 7.86. The molecule has 2 N–H and O–H groups in total. The van der Waals surface area contributed by atoms with E-state index in [4.69, 9.17) is 4.98 Å². The Labute approximate surface area is 191 Å². The van der Waals surface area contributed by atoms with Crippen molar-refractivity contribution in [1.82, 2.24) is 15.3 Å². The average molecular weight is 456 g/mol. The van der Waals surface area contributed by atoms with Gasteiger partial charge in [-0.2, -0.15) is 11.8 Å². The van der Waals surface area contributed by atoms with Crippen molar-refractivity contribution in [3.8, 4) is 0 Å². The second kappa shape index (κ2) is 10.5. The maximum absolute atomic E-state index is 12.6. The lowest BCUT2D eigenvalue weighted by atomic mass is 9.97. The fourth-order valence-electron chi connectivity index (χ4n) is 4.17. The lowest BCUT2D eigenvalue weighted by molar-refractivity contribution is -0.121. The van der Waals surface area contributed by atoms with E-state index in [0.717, 1.165) is 47.9 Å². The topological polar surface area (TPSA) is 74.8 Å². The molecule has 0 fully saturated rings. The molecule has 164 valence electrons. The number of nitrogens with one attached hydrogen (secondary N) is 2. The van der Waals surface area contributed by atoms with E-state index in [1.807, 2.05) is 18.2 Å². The molecular formula is C24H29N3O2S2. The Morgan fingerprint density at radius 2 is 2.06 bits per heavy atom. The number of amides is 1. The van der Waals surface area contributed by atoms with Gasteiger partial charge in [0.2, 0.25) is 5.91 Å². The van der Waals surface area contributed by atoms with Gasteiger partial charge in [-0.1, -0.05) is 43.7 Å². The van der Waals surface area contributed by atoms with Crippen LogP contribution in [0.2, 0.25) is 0 Å². The minimum Gasteiger partial charge on any atom is -0.349 e. The van der Waals surface area contributed by atoms with Crippen LogP contribution in [0.25, 0.3) is 10.2 Å². The van der Waals surface area contributed by atoms with Gasteiger partial charge in [0.15, 0.2) is 0 Å². The summed E-state index contributed by atoms with van der Waals surface area (Å²) in [7, 11) is 0. The van der Waals surface area contributed by atoms with E-state index in [1.165, 1.54) is 16.9 Å². The summed E-state index contributed by atoms with van der Waals surface area (Å²) < 4.78 is 0. The molecule has 0 bridgehead atoms. The fourth-order valence-corrected chi connectivity index (χ4v) is 6.26. The second-order valence-electron chi connectivity index (χ2n) is 8.03. The molecular weight excluding hydrogens is 426 g/mol. The molecule has 0 saturated heterocycles. The molecule has 1 aliphatic carbocycles. The molecule has 2 heterocycles. The van der Waals surface area contributed by atoms with Crippen molar-refractivity contribution in [3.63, 3.8) is 0 Å². The van der Waals surface area contributed by atoms with Crippen LogP contribution in [-0.2, 0) is 23.4 Å². The summed E-state index contributed by atoms with van der Waals surface area (Å²) in [6.45, 7) is 2.13. The Morgan fingerprint density at radius 1 is 1.26 bits per heavy atom. The molecule has 1 amide bonds. The lowest BCUT2D eigenvalue weighted by Crippen LogP contribution is -2.28. The zero-order chi connectivity index (χ0) is 21.6. The number of benzene rings is 1. The number of thioether (sulfide) groups is 1. The van der Waals surface area contributed by atoms with Crippen LogP contribution in [0.1, 0.15) is 66.9 Å². The molecule has 7 heteroatoms. The summed E-state index contributed by atoms with van der Waals surface area (Å²) in [5, 5.41) is 3.97. The largest absolute Gasteiger partial charge is 0.349 e. The van der Waals surface area contributed by atoms with Crippen LogP contribution >= 0.6 is 23.1 Å². The zero-order valence-corrected chi connectivity index (χ0v) is 19.5.